The largest absolute Gasteiger partial charge is 0.332 e. The van der Waals surface area contributed by atoms with Gasteiger partial charge in [0.2, 0.25) is 0 Å². The Hall–Kier alpha value is -0.870. The summed E-state index contributed by atoms with van der Waals surface area (Å²) in [4.78, 5) is 4.29. The molecule has 66 valence electrons. The van der Waals surface area contributed by atoms with Crippen LogP contribution in [0.5, 0.6) is 0 Å². The first kappa shape index (κ1) is 7.76. The molecule has 0 radical (unpaired) electrons. The summed E-state index contributed by atoms with van der Waals surface area (Å²) in [6.45, 7) is 4.71. The average molecular weight is 166 g/mol. The highest BCUT2D eigenvalue weighted by Gasteiger charge is 2.16. The molecule has 1 atom stereocenters. The van der Waals surface area contributed by atoms with Crippen molar-refractivity contribution in [3.63, 3.8) is 0 Å². The van der Waals surface area contributed by atoms with Crippen LogP contribution in [-0.4, -0.2) is 15.6 Å². The molecule has 0 aliphatic carbocycles. The van der Waals surface area contributed by atoms with E-state index >= 15 is 0 Å². The van der Waals surface area contributed by atoms with Crippen molar-refractivity contribution in [3.05, 3.63) is 17.7 Å². The number of rotatable bonds is 2. The fourth-order valence-corrected chi connectivity index (χ4v) is 1.57. The second-order valence-corrected chi connectivity index (χ2v) is 3.37. The van der Waals surface area contributed by atoms with Crippen molar-refractivity contribution in [3.8, 4) is 0 Å². The van der Waals surface area contributed by atoms with E-state index in [0.717, 1.165) is 19.6 Å². The topological polar surface area (TPSA) is 55.9 Å². The van der Waals surface area contributed by atoms with Crippen LogP contribution in [0.15, 0.2) is 6.33 Å². The molecule has 1 unspecified atom stereocenters. The second kappa shape index (κ2) is 2.88. The van der Waals surface area contributed by atoms with Gasteiger partial charge in [-0.25, -0.2) is 4.98 Å². The zero-order valence-corrected chi connectivity index (χ0v) is 7.25. The molecule has 0 saturated heterocycles. The van der Waals surface area contributed by atoms with Crippen LogP contribution in [0.25, 0.3) is 0 Å². The van der Waals surface area contributed by atoms with Gasteiger partial charge in [0.15, 0.2) is 0 Å². The molecule has 0 fully saturated rings. The van der Waals surface area contributed by atoms with E-state index in [-0.39, 0.29) is 6.04 Å². The first-order chi connectivity index (χ1) is 5.77. The van der Waals surface area contributed by atoms with Gasteiger partial charge in [-0.2, -0.15) is 0 Å². The first-order valence-corrected chi connectivity index (χ1v) is 4.26. The minimum absolute atomic E-state index is 0.198. The molecule has 0 saturated carbocycles. The molecule has 1 aliphatic rings. The summed E-state index contributed by atoms with van der Waals surface area (Å²) < 4.78 is 2.14. The van der Waals surface area contributed by atoms with Crippen LogP contribution < -0.4 is 11.1 Å². The van der Waals surface area contributed by atoms with Crippen molar-refractivity contribution in [1.29, 1.82) is 0 Å². The molecule has 4 nitrogen and oxygen atoms in total. The van der Waals surface area contributed by atoms with E-state index in [1.165, 1.54) is 11.4 Å². The van der Waals surface area contributed by atoms with E-state index in [4.69, 9.17) is 5.73 Å². The van der Waals surface area contributed by atoms with Gasteiger partial charge in [-0.1, -0.05) is 0 Å². The number of fused-ring (bicyclic) bond motifs is 1. The molecule has 2 rings (SSSR count). The molecule has 1 aromatic heterocycles. The standard InChI is InChI=1S/C8H14N4/c1-6(9)4-12-5-11-7-2-10-3-8(7)12/h5-6,10H,2-4,9H2,1H3. The molecule has 0 spiro atoms. The van der Waals surface area contributed by atoms with Gasteiger partial charge >= 0.3 is 0 Å². The molecule has 1 aromatic rings. The third-order valence-electron chi connectivity index (χ3n) is 2.10. The van der Waals surface area contributed by atoms with Crippen LogP contribution in [0.4, 0.5) is 0 Å². The fraction of sp³-hybridized carbons (Fsp3) is 0.625. The number of nitrogens with two attached hydrogens (primary N) is 1. The van der Waals surface area contributed by atoms with Crippen molar-refractivity contribution in [2.45, 2.75) is 32.6 Å². The van der Waals surface area contributed by atoms with Crippen LogP contribution in [0.2, 0.25) is 0 Å². The van der Waals surface area contributed by atoms with Crippen LogP contribution in [0.3, 0.4) is 0 Å². The molecular formula is C8H14N4. The van der Waals surface area contributed by atoms with Gasteiger partial charge in [0.25, 0.3) is 0 Å². The highest BCUT2D eigenvalue weighted by atomic mass is 15.1. The van der Waals surface area contributed by atoms with Gasteiger partial charge < -0.3 is 15.6 Å². The zero-order chi connectivity index (χ0) is 8.55. The average Bonchev–Trinajstić information content (AvgIpc) is 2.52. The maximum atomic E-state index is 5.71. The lowest BCUT2D eigenvalue weighted by atomic mass is 10.3. The smallest absolute Gasteiger partial charge is 0.0953 e. The lowest BCUT2D eigenvalue weighted by Crippen LogP contribution is -2.23. The van der Waals surface area contributed by atoms with Crippen LogP contribution in [0, 0.1) is 0 Å². The van der Waals surface area contributed by atoms with Crippen molar-refractivity contribution in [2.24, 2.45) is 5.73 Å². The zero-order valence-electron chi connectivity index (χ0n) is 7.25. The molecular weight excluding hydrogens is 152 g/mol. The minimum atomic E-state index is 0.198. The number of hydrogen-bond acceptors (Lipinski definition) is 3. The molecule has 1 aliphatic heterocycles. The Morgan fingerprint density at radius 2 is 2.58 bits per heavy atom. The molecule has 3 N–H and O–H groups in total. The fourth-order valence-electron chi connectivity index (χ4n) is 1.57. The maximum absolute atomic E-state index is 5.71. The molecule has 4 heteroatoms. The van der Waals surface area contributed by atoms with Gasteiger partial charge in [0.05, 0.1) is 17.7 Å². The number of aromatic nitrogens is 2. The summed E-state index contributed by atoms with van der Waals surface area (Å²) in [6, 6.07) is 0.198. The summed E-state index contributed by atoms with van der Waals surface area (Å²) >= 11 is 0. The molecule has 0 aromatic carbocycles. The quantitative estimate of drug-likeness (QED) is 0.641. The molecule has 2 heterocycles. The predicted octanol–water partition coefficient (Wildman–Crippen LogP) is -0.167. The Labute approximate surface area is 71.8 Å². The Balaban J connectivity index is 2.22. The minimum Gasteiger partial charge on any atom is -0.332 e. The maximum Gasteiger partial charge on any atom is 0.0953 e. The van der Waals surface area contributed by atoms with Gasteiger partial charge in [0.1, 0.15) is 0 Å². The van der Waals surface area contributed by atoms with Crippen LogP contribution >= 0.6 is 0 Å². The normalized spacial score (nSPS) is 17.8. The number of hydrogen-bond donors (Lipinski definition) is 2. The monoisotopic (exact) mass is 166 g/mol. The lowest BCUT2D eigenvalue weighted by molar-refractivity contribution is 0.565. The first-order valence-electron chi connectivity index (χ1n) is 4.26. The molecule has 0 bridgehead atoms. The van der Waals surface area contributed by atoms with Crippen molar-refractivity contribution in [1.82, 2.24) is 14.9 Å². The van der Waals surface area contributed by atoms with Crippen molar-refractivity contribution >= 4 is 0 Å². The highest BCUT2D eigenvalue weighted by molar-refractivity contribution is 5.17. The van der Waals surface area contributed by atoms with E-state index in [0.29, 0.717) is 0 Å². The molecule has 12 heavy (non-hydrogen) atoms. The predicted molar refractivity (Wildman–Crippen MR) is 46.4 cm³/mol. The second-order valence-electron chi connectivity index (χ2n) is 3.37. The summed E-state index contributed by atoms with van der Waals surface area (Å²) in [5, 5.41) is 3.26. The van der Waals surface area contributed by atoms with E-state index in [1.54, 1.807) is 0 Å². The van der Waals surface area contributed by atoms with Crippen LogP contribution in [-0.2, 0) is 19.6 Å². The summed E-state index contributed by atoms with van der Waals surface area (Å²) in [5.74, 6) is 0. The third-order valence-corrected chi connectivity index (χ3v) is 2.10. The highest BCUT2D eigenvalue weighted by Crippen LogP contribution is 2.13. The molecule has 0 amide bonds. The van der Waals surface area contributed by atoms with E-state index in [1.807, 2.05) is 13.3 Å². The summed E-state index contributed by atoms with van der Waals surface area (Å²) in [6.07, 6.45) is 1.88. The van der Waals surface area contributed by atoms with Gasteiger partial charge in [-0.3, -0.25) is 0 Å². The summed E-state index contributed by atoms with van der Waals surface area (Å²) in [7, 11) is 0. The van der Waals surface area contributed by atoms with Gasteiger partial charge in [-0.05, 0) is 6.92 Å². The number of nitrogens with one attached hydrogen (secondary N) is 1. The lowest BCUT2D eigenvalue weighted by Gasteiger charge is -2.08. The van der Waals surface area contributed by atoms with E-state index < -0.39 is 0 Å². The Morgan fingerprint density at radius 1 is 1.75 bits per heavy atom. The van der Waals surface area contributed by atoms with E-state index in [9.17, 15) is 0 Å². The third kappa shape index (κ3) is 1.23. The van der Waals surface area contributed by atoms with Crippen molar-refractivity contribution < 1.29 is 0 Å². The summed E-state index contributed by atoms with van der Waals surface area (Å²) in [5.41, 5.74) is 8.18. The number of imidazole rings is 1. The van der Waals surface area contributed by atoms with Crippen molar-refractivity contribution in [2.75, 3.05) is 0 Å². The Kier molecular flexibility index (Phi) is 1.86. The Morgan fingerprint density at radius 3 is 3.33 bits per heavy atom. The SMILES string of the molecule is CC(N)Cn1cnc2c1CNC2. The number of nitrogens with zero attached hydrogens (tertiary/aromatic N) is 2. The van der Waals surface area contributed by atoms with E-state index in [2.05, 4.69) is 14.9 Å². The van der Waals surface area contributed by atoms with Crippen LogP contribution in [0.1, 0.15) is 18.3 Å². The Bertz CT molecular complexity index is 277. The van der Waals surface area contributed by atoms with Gasteiger partial charge in [-0.15, -0.1) is 0 Å². The van der Waals surface area contributed by atoms with Gasteiger partial charge in [0, 0.05) is 25.7 Å².